The molecule has 1 aromatic heterocycles. The summed E-state index contributed by atoms with van der Waals surface area (Å²) in [6, 6.07) is 12.3. The summed E-state index contributed by atoms with van der Waals surface area (Å²) in [5.41, 5.74) is 2.59. The minimum Gasteiger partial charge on any atom is -0.340 e. The number of hydrogen-bond donors (Lipinski definition) is 0. The molecule has 2 heterocycles. The second-order valence-corrected chi connectivity index (χ2v) is 7.22. The molecule has 0 aliphatic carbocycles. The van der Waals surface area contributed by atoms with Crippen LogP contribution in [0.5, 0.6) is 0 Å². The normalized spacial score (nSPS) is 20.8. The summed E-state index contributed by atoms with van der Waals surface area (Å²) in [6.45, 7) is 7.64. The van der Waals surface area contributed by atoms with E-state index in [9.17, 15) is 9.59 Å². The molecule has 5 nitrogen and oxygen atoms in total. The predicted molar refractivity (Wildman–Crippen MR) is 97.6 cm³/mol. The second kappa shape index (κ2) is 6.82. The number of piperidine rings is 1. The van der Waals surface area contributed by atoms with Crippen LogP contribution in [0.1, 0.15) is 36.7 Å². The molecule has 2 aromatic rings. The van der Waals surface area contributed by atoms with Gasteiger partial charge in [-0.3, -0.25) is 9.36 Å². The molecule has 0 radical (unpaired) electrons. The Labute approximate surface area is 148 Å². The van der Waals surface area contributed by atoms with Crippen molar-refractivity contribution in [3.8, 4) is 0 Å². The summed E-state index contributed by atoms with van der Waals surface area (Å²) in [5.74, 6) is 0.166. The van der Waals surface area contributed by atoms with Crippen LogP contribution in [0, 0.1) is 13.8 Å². The maximum Gasteiger partial charge on any atom is 0.348 e. The van der Waals surface area contributed by atoms with Crippen molar-refractivity contribution >= 4 is 5.91 Å². The third-order valence-electron chi connectivity index (χ3n) is 5.19. The van der Waals surface area contributed by atoms with Crippen LogP contribution >= 0.6 is 0 Å². The molecule has 0 N–H and O–H groups in total. The Balaban J connectivity index is 1.76. The van der Waals surface area contributed by atoms with Crippen LogP contribution in [0.25, 0.3) is 0 Å². The number of benzene rings is 1. The van der Waals surface area contributed by atoms with Gasteiger partial charge in [-0.25, -0.2) is 4.79 Å². The molecule has 25 heavy (non-hydrogen) atoms. The zero-order chi connectivity index (χ0) is 18.0. The molecule has 1 atom stereocenters. The molecule has 5 heteroatoms. The molecule has 1 saturated heterocycles. The number of likely N-dealkylation sites (tertiary alicyclic amines) is 1. The van der Waals surface area contributed by atoms with Crippen LogP contribution in [0.15, 0.2) is 41.2 Å². The van der Waals surface area contributed by atoms with E-state index in [1.54, 1.807) is 4.57 Å². The molecule has 0 spiro atoms. The average molecular weight is 339 g/mol. The molecule has 1 unspecified atom stereocenters. The van der Waals surface area contributed by atoms with Gasteiger partial charge in [-0.05, 0) is 31.9 Å². The van der Waals surface area contributed by atoms with Crippen LogP contribution in [-0.2, 0) is 16.8 Å². The van der Waals surface area contributed by atoms with Crippen molar-refractivity contribution in [1.82, 2.24) is 14.5 Å². The van der Waals surface area contributed by atoms with Gasteiger partial charge in [0.05, 0.1) is 0 Å². The predicted octanol–water partition coefficient (Wildman–Crippen LogP) is 2.44. The van der Waals surface area contributed by atoms with Crippen LogP contribution in [0.3, 0.4) is 0 Å². The van der Waals surface area contributed by atoms with Crippen molar-refractivity contribution in [2.24, 2.45) is 0 Å². The van der Waals surface area contributed by atoms with Gasteiger partial charge in [-0.15, -0.1) is 0 Å². The number of rotatable bonds is 4. The summed E-state index contributed by atoms with van der Waals surface area (Å²) in [6.07, 6.45) is 1.41. The largest absolute Gasteiger partial charge is 0.348 e. The van der Waals surface area contributed by atoms with Gasteiger partial charge in [0.1, 0.15) is 0 Å². The standard InChI is InChI=1S/C20H25N3O2/c1-15-13-16(2)23(19(25)21-15)12-11-22-14-20(3,10-9-18(22)24)17-7-5-4-6-8-17/h4-8,13H,9-12,14H2,1-3H3. The Hall–Kier alpha value is -2.43. The van der Waals surface area contributed by atoms with E-state index in [1.807, 2.05) is 43.0 Å². The maximum atomic E-state index is 12.4. The third kappa shape index (κ3) is 3.65. The van der Waals surface area contributed by atoms with Gasteiger partial charge in [-0.2, -0.15) is 4.98 Å². The molecule has 1 aliphatic rings. The van der Waals surface area contributed by atoms with Crippen LogP contribution in [-0.4, -0.2) is 33.4 Å². The van der Waals surface area contributed by atoms with E-state index in [-0.39, 0.29) is 17.0 Å². The first-order chi connectivity index (χ1) is 11.9. The van der Waals surface area contributed by atoms with Crippen LogP contribution < -0.4 is 5.69 Å². The number of amides is 1. The number of carbonyl (C=O) groups is 1. The molecular formula is C20H25N3O2. The fourth-order valence-corrected chi connectivity index (χ4v) is 3.68. The summed E-state index contributed by atoms with van der Waals surface area (Å²) >= 11 is 0. The SMILES string of the molecule is Cc1cc(C)n(CCN2CC(C)(c3ccccc3)CCC2=O)c(=O)n1. The molecule has 1 aromatic carbocycles. The van der Waals surface area contributed by atoms with Crippen LogP contribution in [0.4, 0.5) is 0 Å². The highest BCUT2D eigenvalue weighted by atomic mass is 16.2. The summed E-state index contributed by atoms with van der Waals surface area (Å²) in [7, 11) is 0. The van der Waals surface area contributed by atoms with E-state index in [0.29, 0.717) is 26.1 Å². The quantitative estimate of drug-likeness (QED) is 0.860. The third-order valence-corrected chi connectivity index (χ3v) is 5.19. The molecule has 1 fully saturated rings. The molecule has 1 aliphatic heterocycles. The molecule has 0 saturated carbocycles. The van der Waals surface area contributed by atoms with Crippen molar-refractivity contribution in [2.45, 2.75) is 45.6 Å². The molecule has 3 rings (SSSR count). The Morgan fingerprint density at radius 2 is 1.84 bits per heavy atom. The lowest BCUT2D eigenvalue weighted by Gasteiger charge is -2.41. The zero-order valence-electron chi connectivity index (χ0n) is 15.2. The first kappa shape index (κ1) is 17.4. The molecule has 0 bridgehead atoms. The first-order valence-electron chi connectivity index (χ1n) is 8.77. The number of carbonyl (C=O) groups excluding carboxylic acids is 1. The van der Waals surface area contributed by atoms with E-state index in [4.69, 9.17) is 0 Å². The smallest absolute Gasteiger partial charge is 0.340 e. The lowest BCUT2D eigenvalue weighted by Crippen LogP contribution is -2.49. The Morgan fingerprint density at radius 1 is 1.12 bits per heavy atom. The average Bonchev–Trinajstić information content (AvgIpc) is 2.58. The highest BCUT2D eigenvalue weighted by Gasteiger charge is 2.36. The molecular weight excluding hydrogens is 314 g/mol. The maximum absolute atomic E-state index is 12.4. The van der Waals surface area contributed by atoms with Crippen molar-refractivity contribution in [2.75, 3.05) is 13.1 Å². The lowest BCUT2D eigenvalue weighted by atomic mass is 9.76. The summed E-state index contributed by atoms with van der Waals surface area (Å²) in [4.78, 5) is 30.4. The summed E-state index contributed by atoms with van der Waals surface area (Å²) < 4.78 is 1.65. The van der Waals surface area contributed by atoms with Gasteiger partial charge in [0.25, 0.3) is 0 Å². The fraction of sp³-hybridized carbons (Fsp3) is 0.450. The van der Waals surface area contributed by atoms with Gasteiger partial charge < -0.3 is 4.90 Å². The minimum atomic E-state index is -0.243. The Bertz CT molecular complexity index is 829. The summed E-state index contributed by atoms with van der Waals surface area (Å²) in [5, 5.41) is 0. The number of aryl methyl sites for hydroxylation is 2. The van der Waals surface area contributed by atoms with E-state index < -0.39 is 0 Å². The number of hydrogen-bond acceptors (Lipinski definition) is 3. The van der Waals surface area contributed by atoms with E-state index >= 15 is 0 Å². The van der Waals surface area contributed by atoms with E-state index in [2.05, 4.69) is 24.0 Å². The van der Waals surface area contributed by atoms with Gasteiger partial charge in [0.2, 0.25) is 5.91 Å². The van der Waals surface area contributed by atoms with Crippen molar-refractivity contribution in [3.05, 3.63) is 63.8 Å². The molecule has 1 amide bonds. The van der Waals surface area contributed by atoms with Crippen LogP contribution in [0.2, 0.25) is 0 Å². The fourth-order valence-electron chi connectivity index (χ4n) is 3.68. The zero-order valence-corrected chi connectivity index (χ0v) is 15.2. The van der Waals surface area contributed by atoms with Gasteiger partial charge in [0.15, 0.2) is 0 Å². The van der Waals surface area contributed by atoms with Gasteiger partial charge in [0, 0.05) is 42.9 Å². The lowest BCUT2D eigenvalue weighted by molar-refractivity contribution is -0.135. The van der Waals surface area contributed by atoms with Gasteiger partial charge in [-0.1, -0.05) is 37.3 Å². The van der Waals surface area contributed by atoms with Gasteiger partial charge >= 0.3 is 5.69 Å². The first-order valence-corrected chi connectivity index (χ1v) is 8.77. The number of nitrogens with zero attached hydrogens (tertiary/aromatic N) is 3. The monoisotopic (exact) mass is 339 g/mol. The Kier molecular flexibility index (Phi) is 4.75. The van der Waals surface area contributed by atoms with E-state index in [1.165, 1.54) is 5.56 Å². The highest BCUT2D eigenvalue weighted by Crippen LogP contribution is 2.33. The minimum absolute atomic E-state index is 0.0410. The topological polar surface area (TPSA) is 55.2 Å². The van der Waals surface area contributed by atoms with E-state index in [0.717, 1.165) is 17.8 Å². The van der Waals surface area contributed by atoms with Crippen molar-refractivity contribution in [3.63, 3.8) is 0 Å². The Morgan fingerprint density at radius 3 is 2.52 bits per heavy atom. The highest BCUT2D eigenvalue weighted by molar-refractivity contribution is 5.77. The number of aromatic nitrogens is 2. The second-order valence-electron chi connectivity index (χ2n) is 7.22. The van der Waals surface area contributed by atoms with Crippen molar-refractivity contribution in [1.29, 1.82) is 0 Å². The van der Waals surface area contributed by atoms with Crippen molar-refractivity contribution < 1.29 is 4.79 Å². The molecule has 132 valence electrons.